The van der Waals surface area contributed by atoms with Crippen LogP contribution in [0.3, 0.4) is 0 Å². The van der Waals surface area contributed by atoms with Crippen molar-refractivity contribution in [1.82, 2.24) is 15.2 Å². The molecule has 0 aliphatic carbocycles. The lowest BCUT2D eigenvalue weighted by Crippen LogP contribution is -2.35. The molecule has 0 saturated carbocycles. The van der Waals surface area contributed by atoms with E-state index in [1.165, 1.54) is 24.8 Å². The number of benzene rings is 1. The molecular weight excluding hydrogens is 298 g/mol. The van der Waals surface area contributed by atoms with E-state index >= 15 is 0 Å². The Labute approximate surface area is 144 Å². The number of hydrogen-bond acceptors (Lipinski definition) is 4. The number of nitrogens with zero attached hydrogens (tertiary/aromatic N) is 2. The number of ether oxygens (including phenoxy) is 1. The molecule has 4 heteroatoms. The van der Waals surface area contributed by atoms with Crippen molar-refractivity contribution in [2.75, 3.05) is 20.2 Å². The van der Waals surface area contributed by atoms with Crippen molar-refractivity contribution in [2.24, 2.45) is 0 Å². The summed E-state index contributed by atoms with van der Waals surface area (Å²) in [5.74, 6) is 0.911. The number of nitrogens with one attached hydrogen (secondary N) is 1. The van der Waals surface area contributed by atoms with Gasteiger partial charge >= 0.3 is 0 Å². The Hall–Kier alpha value is -1.91. The lowest BCUT2D eigenvalue weighted by molar-refractivity contribution is 0.162. The molecule has 2 aromatic rings. The van der Waals surface area contributed by atoms with Crippen LogP contribution < -0.4 is 10.1 Å². The van der Waals surface area contributed by atoms with Gasteiger partial charge in [0.05, 0.1) is 12.8 Å². The second kappa shape index (κ2) is 8.81. The summed E-state index contributed by atoms with van der Waals surface area (Å²) >= 11 is 0. The van der Waals surface area contributed by atoms with Gasteiger partial charge in [0.1, 0.15) is 5.75 Å². The Morgan fingerprint density at radius 1 is 1.08 bits per heavy atom. The third kappa shape index (κ3) is 4.79. The first-order valence-corrected chi connectivity index (χ1v) is 8.83. The van der Waals surface area contributed by atoms with Gasteiger partial charge in [-0.2, -0.15) is 0 Å². The molecule has 0 bridgehead atoms. The van der Waals surface area contributed by atoms with Gasteiger partial charge in [-0.05, 0) is 62.2 Å². The van der Waals surface area contributed by atoms with E-state index in [0.717, 1.165) is 37.6 Å². The highest BCUT2D eigenvalue weighted by Gasteiger charge is 2.20. The molecule has 24 heavy (non-hydrogen) atoms. The van der Waals surface area contributed by atoms with Gasteiger partial charge < -0.3 is 10.1 Å². The molecule has 1 N–H and O–H groups in total. The summed E-state index contributed by atoms with van der Waals surface area (Å²) < 4.78 is 5.27. The van der Waals surface area contributed by atoms with Gasteiger partial charge in [0.2, 0.25) is 0 Å². The number of hydrogen-bond donors (Lipinski definition) is 1. The Bertz CT molecular complexity index is 592. The van der Waals surface area contributed by atoms with E-state index in [2.05, 4.69) is 39.5 Å². The summed E-state index contributed by atoms with van der Waals surface area (Å²) in [7, 11) is 1.71. The number of pyridine rings is 1. The minimum atomic E-state index is 0.601. The zero-order valence-corrected chi connectivity index (χ0v) is 14.4. The van der Waals surface area contributed by atoms with E-state index in [0.29, 0.717) is 6.04 Å². The first kappa shape index (κ1) is 16.9. The summed E-state index contributed by atoms with van der Waals surface area (Å²) in [6.45, 7) is 4.09. The van der Waals surface area contributed by atoms with Crippen molar-refractivity contribution in [2.45, 2.75) is 38.4 Å². The van der Waals surface area contributed by atoms with E-state index < -0.39 is 0 Å². The molecule has 1 fully saturated rings. The fraction of sp³-hybridized carbons (Fsp3) is 0.450. The molecule has 2 heterocycles. The average Bonchev–Trinajstić information content (AvgIpc) is 2.92. The largest absolute Gasteiger partial charge is 0.497 e. The smallest absolute Gasteiger partial charge is 0.118 e. The fourth-order valence-electron chi connectivity index (χ4n) is 3.35. The molecule has 1 unspecified atom stereocenters. The summed E-state index contributed by atoms with van der Waals surface area (Å²) in [5, 5.41) is 3.52. The Balaban J connectivity index is 1.74. The molecule has 4 nitrogen and oxygen atoms in total. The Kier molecular flexibility index (Phi) is 6.21. The van der Waals surface area contributed by atoms with Crippen LogP contribution in [0.4, 0.5) is 0 Å². The molecular formula is C20H27N3O. The van der Waals surface area contributed by atoms with Crippen molar-refractivity contribution in [3.05, 3.63) is 59.9 Å². The highest BCUT2D eigenvalue weighted by Crippen LogP contribution is 2.20. The number of methoxy groups -OCH3 is 1. The van der Waals surface area contributed by atoms with Crippen LogP contribution in [0, 0.1) is 0 Å². The third-order valence-electron chi connectivity index (χ3n) is 4.70. The summed E-state index contributed by atoms with van der Waals surface area (Å²) in [6, 6.07) is 15.2. The molecule has 1 aromatic carbocycles. The predicted molar refractivity (Wildman–Crippen MR) is 97.0 cm³/mol. The maximum Gasteiger partial charge on any atom is 0.118 e. The maximum absolute atomic E-state index is 5.27. The van der Waals surface area contributed by atoms with Gasteiger partial charge in [-0.1, -0.05) is 18.2 Å². The molecule has 0 spiro atoms. The van der Waals surface area contributed by atoms with Gasteiger partial charge in [0.25, 0.3) is 0 Å². The molecule has 0 radical (unpaired) electrons. The van der Waals surface area contributed by atoms with Crippen LogP contribution in [0.15, 0.2) is 48.7 Å². The predicted octanol–water partition coefficient (Wildman–Crippen LogP) is 3.23. The van der Waals surface area contributed by atoms with Gasteiger partial charge in [0.15, 0.2) is 0 Å². The monoisotopic (exact) mass is 325 g/mol. The first-order chi connectivity index (χ1) is 11.8. The molecule has 3 rings (SSSR count). The summed E-state index contributed by atoms with van der Waals surface area (Å²) in [4.78, 5) is 7.11. The lowest BCUT2D eigenvalue weighted by Gasteiger charge is -2.31. The van der Waals surface area contributed by atoms with Crippen LogP contribution >= 0.6 is 0 Å². The second-order valence-corrected chi connectivity index (χ2v) is 6.41. The third-order valence-corrected chi connectivity index (χ3v) is 4.70. The SMILES string of the molecule is COc1ccc(CN(Cc2ccccn2)C2CCCNCC2)cc1. The highest BCUT2D eigenvalue weighted by atomic mass is 16.5. The Morgan fingerprint density at radius 2 is 1.96 bits per heavy atom. The van der Waals surface area contributed by atoms with Crippen LogP contribution in [0.1, 0.15) is 30.5 Å². The normalized spacial score (nSPS) is 18.3. The minimum absolute atomic E-state index is 0.601. The lowest BCUT2D eigenvalue weighted by atomic mass is 10.1. The molecule has 0 amide bonds. The zero-order chi connectivity index (χ0) is 16.6. The Morgan fingerprint density at radius 3 is 2.71 bits per heavy atom. The quantitative estimate of drug-likeness (QED) is 0.885. The van der Waals surface area contributed by atoms with Crippen LogP contribution in [-0.2, 0) is 13.1 Å². The molecule has 1 atom stereocenters. The van der Waals surface area contributed by atoms with Gasteiger partial charge in [0, 0.05) is 25.3 Å². The van der Waals surface area contributed by atoms with Crippen molar-refractivity contribution in [3.8, 4) is 5.75 Å². The van der Waals surface area contributed by atoms with E-state index in [1.807, 2.05) is 24.4 Å². The maximum atomic E-state index is 5.27. The summed E-state index contributed by atoms with van der Waals surface area (Å²) in [5.41, 5.74) is 2.46. The molecule has 128 valence electrons. The number of rotatable bonds is 6. The average molecular weight is 325 g/mol. The number of aromatic nitrogens is 1. The molecule has 1 aliphatic rings. The van der Waals surface area contributed by atoms with E-state index in [9.17, 15) is 0 Å². The van der Waals surface area contributed by atoms with Gasteiger partial charge in [-0.25, -0.2) is 0 Å². The van der Waals surface area contributed by atoms with Gasteiger partial charge in [-0.15, -0.1) is 0 Å². The van der Waals surface area contributed by atoms with Crippen LogP contribution in [0.2, 0.25) is 0 Å². The van der Waals surface area contributed by atoms with Crippen LogP contribution in [0.5, 0.6) is 5.75 Å². The minimum Gasteiger partial charge on any atom is -0.497 e. The van der Waals surface area contributed by atoms with Crippen LogP contribution in [0.25, 0.3) is 0 Å². The molecule has 1 aromatic heterocycles. The van der Waals surface area contributed by atoms with Crippen molar-refractivity contribution in [1.29, 1.82) is 0 Å². The molecule has 1 saturated heterocycles. The standard InChI is InChI=1S/C20H27N3O/c1-24-20-9-7-17(8-10-20)15-23(16-18-5-2-3-13-22-18)19-6-4-12-21-14-11-19/h2-3,5,7-10,13,19,21H,4,6,11-12,14-16H2,1H3. The van der Waals surface area contributed by atoms with Crippen molar-refractivity contribution < 1.29 is 4.74 Å². The first-order valence-electron chi connectivity index (χ1n) is 8.83. The van der Waals surface area contributed by atoms with Gasteiger partial charge in [-0.3, -0.25) is 9.88 Å². The molecule has 1 aliphatic heterocycles. The van der Waals surface area contributed by atoms with E-state index in [4.69, 9.17) is 4.74 Å². The van der Waals surface area contributed by atoms with E-state index in [-0.39, 0.29) is 0 Å². The zero-order valence-electron chi connectivity index (χ0n) is 14.4. The highest BCUT2D eigenvalue weighted by molar-refractivity contribution is 5.27. The second-order valence-electron chi connectivity index (χ2n) is 6.41. The van der Waals surface area contributed by atoms with Crippen molar-refractivity contribution in [3.63, 3.8) is 0 Å². The van der Waals surface area contributed by atoms with Crippen molar-refractivity contribution >= 4 is 0 Å². The topological polar surface area (TPSA) is 37.4 Å². The van der Waals surface area contributed by atoms with Crippen LogP contribution in [-0.4, -0.2) is 36.1 Å². The summed E-state index contributed by atoms with van der Waals surface area (Å²) in [6.07, 6.45) is 5.57. The fourth-order valence-corrected chi connectivity index (χ4v) is 3.35. The van der Waals surface area contributed by atoms with E-state index in [1.54, 1.807) is 7.11 Å².